The van der Waals surface area contributed by atoms with Gasteiger partial charge in [-0.1, -0.05) is 51.9 Å². The van der Waals surface area contributed by atoms with Crippen molar-refractivity contribution in [3.63, 3.8) is 0 Å². The molecule has 1 fully saturated rings. The Hall–Kier alpha value is -0.0400. The second-order valence-electron chi connectivity index (χ2n) is 4.49. The third-order valence-corrected chi connectivity index (χ3v) is 3.23. The Morgan fingerprint density at radius 3 is 2.31 bits per heavy atom. The van der Waals surface area contributed by atoms with Crippen LogP contribution < -0.4 is 0 Å². The van der Waals surface area contributed by atoms with E-state index in [0.29, 0.717) is 12.5 Å². The molecule has 1 nitrogen and oxygen atoms in total. The van der Waals surface area contributed by atoms with Gasteiger partial charge in [-0.2, -0.15) is 0 Å². The fourth-order valence-electron chi connectivity index (χ4n) is 2.07. The van der Waals surface area contributed by atoms with Crippen LogP contribution >= 0.6 is 0 Å². The van der Waals surface area contributed by atoms with Gasteiger partial charge < -0.3 is 5.11 Å². The summed E-state index contributed by atoms with van der Waals surface area (Å²) in [5, 5.41) is 8.85. The van der Waals surface area contributed by atoms with E-state index in [1.54, 1.807) is 0 Å². The number of unbranched alkanes of at least 4 members (excludes halogenated alkanes) is 5. The number of rotatable bonds is 8. The normalized spacial score (nSPS) is 26.3. The average Bonchev–Trinajstić information content (AvgIpc) is 2.90. The molecule has 1 rings (SSSR count). The maximum Gasteiger partial charge on any atom is 0.0462 e. The molecule has 0 radical (unpaired) electrons. The third kappa shape index (κ3) is 4.66. The first kappa shape index (κ1) is 11.0. The first-order valence-electron chi connectivity index (χ1n) is 5.99. The van der Waals surface area contributed by atoms with E-state index in [1.807, 2.05) is 0 Å². The summed E-state index contributed by atoms with van der Waals surface area (Å²) in [5.74, 6) is 1.56. The number of aliphatic hydroxyl groups is 1. The van der Waals surface area contributed by atoms with Crippen molar-refractivity contribution in [2.75, 3.05) is 6.61 Å². The molecule has 0 unspecified atom stereocenters. The molecule has 0 aromatic heterocycles. The molecule has 2 atom stereocenters. The summed E-state index contributed by atoms with van der Waals surface area (Å²) < 4.78 is 0. The summed E-state index contributed by atoms with van der Waals surface area (Å²) >= 11 is 0. The highest BCUT2D eigenvalue weighted by Gasteiger charge is 2.34. The van der Waals surface area contributed by atoms with Gasteiger partial charge in [0.1, 0.15) is 0 Å². The fraction of sp³-hybridized carbons (Fsp3) is 1.00. The molecule has 13 heavy (non-hydrogen) atoms. The van der Waals surface area contributed by atoms with Crippen LogP contribution in [0.25, 0.3) is 0 Å². The predicted molar refractivity (Wildman–Crippen MR) is 56.7 cm³/mol. The maximum atomic E-state index is 8.85. The van der Waals surface area contributed by atoms with Crippen molar-refractivity contribution in [1.29, 1.82) is 0 Å². The fourth-order valence-corrected chi connectivity index (χ4v) is 2.07. The molecule has 0 saturated heterocycles. The van der Waals surface area contributed by atoms with E-state index in [2.05, 4.69) is 6.92 Å². The predicted octanol–water partition coefficient (Wildman–Crippen LogP) is 3.37. The first-order valence-corrected chi connectivity index (χ1v) is 5.99. The van der Waals surface area contributed by atoms with Crippen LogP contribution in [0, 0.1) is 11.8 Å². The molecule has 1 saturated carbocycles. The minimum atomic E-state index is 0.431. The van der Waals surface area contributed by atoms with E-state index in [0.717, 1.165) is 5.92 Å². The molecule has 78 valence electrons. The SMILES string of the molecule is CCCCCCCC[C@@H]1C[C@@H]1CO. The van der Waals surface area contributed by atoms with Crippen LogP contribution in [0.5, 0.6) is 0 Å². The summed E-state index contributed by atoms with van der Waals surface area (Å²) in [6, 6.07) is 0. The van der Waals surface area contributed by atoms with Gasteiger partial charge in [0, 0.05) is 6.61 Å². The van der Waals surface area contributed by atoms with E-state index in [9.17, 15) is 0 Å². The van der Waals surface area contributed by atoms with E-state index in [1.165, 1.54) is 51.4 Å². The Balaban J connectivity index is 1.75. The lowest BCUT2D eigenvalue weighted by Crippen LogP contribution is -1.89. The number of hydrogen-bond donors (Lipinski definition) is 1. The molecule has 1 aliphatic carbocycles. The highest BCUT2D eigenvalue weighted by molar-refractivity contribution is 4.84. The topological polar surface area (TPSA) is 20.2 Å². The van der Waals surface area contributed by atoms with Gasteiger partial charge in [0.05, 0.1) is 0 Å². The van der Waals surface area contributed by atoms with Crippen molar-refractivity contribution in [3.8, 4) is 0 Å². The molecule has 1 aliphatic rings. The summed E-state index contributed by atoms with van der Waals surface area (Å²) in [6.07, 6.45) is 11.1. The zero-order valence-corrected chi connectivity index (χ0v) is 8.97. The summed E-state index contributed by atoms with van der Waals surface area (Å²) in [5.41, 5.74) is 0. The van der Waals surface area contributed by atoms with E-state index in [-0.39, 0.29) is 0 Å². The second-order valence-corrected chi connectivity index (χ2v) is 4.49. The molecule has 1 heteroatoms. The van der Waals surface area contributed by atoms with Gasteiger partial charge in [0.15, 0.2) is 0 Å². The standard InChI is InChI=1S/C12H24O/c1-2-3-4-5-6-7-8-11-9-12(11)10-13/h11-13H,2-10H2,1H3/t11-,12-/m1/s1. The van der Waals surface area contributed by atoms with Crippen molar-refractivity contribution < 1.29 is 5.11 Å². The zero-order valence-electron chi connectivity index (χ0n) is 8.97. The Kier molecular flexibility index (Phi) is 5.45. The first-order chi connectivity index (χ1) is 6.38. The largest absolute Gasteiger partial charge is 0.396 e. The Labute approximate surface area is 82.5 Å². The number of aliphatic hydroxyl groups excluding tert-OH is 1. The highest BCUT2D eigenvalue weighted by atomic mass is 16.3. The molecule has 0 aromatic rings. The van der Waals surface area contributed by atoms with Gasteiger partial charge in [0.2, 0.25) is 0 Å². The zero-order chi connectivity index (χ0) is 9.52. The van der Waals surface area contributed by atoms with Gasteiger partial charge in [0.25, 0.3) is 0 Å². The van der Waals surface area contributed by atoms with E-state index < -0.39 is 0 Å². The molecule has 0 amide bonds. The van der Waals surface area contributed by atoms with Gasteiger partial charge >= 0.3 is 0 Å². The Bertz CT molecular complexity index is 122. The van der Waals surface area contributed by atoms with Crippen molar-refractivity contribution >= 4 is 0 Å². The van der Waals surface area contributed by atoms with Crippen molar-refractivity contribution in [2.45, 2.75) is 58.3 Å². The van der Waals surface area contributed by atoms with Crippen LogP contribution in [0.2, 0.25) is 0 Å². The van der Waals surface area contributed by atoms with Crippen molar-refractivity contribution in [1.82, 2.24) is 0 Å². The minimum absolute atomic E-state index is 0.431. The quantitative estimate of drug-likeness (QED) is 0.573. The summed E-state index contributed by atoms with van der Waals surface area (Å²) in [6.45, 7) is 2.69. The lowest BCUT2D eigenvalue weighted by Gasteiger charge is -1.99. The monoisotopic (exact) mass is 184 g/mol. The van der Waals surface area contributed by atoms with Crippen LogP contribution in [0.3, 0.4) is 0 Å². The van der Waals surface area contributed by atoms with Crippen LogP contribution in [-0.4, -0.2) is 11.7 Å². The van der Waals surface area contributed by atoms with Gasteiger partial charge in [-0.15, -0.1) is 0 Å². The smallest absolute Gasteiger partial charge is 0.0462 e. The molecule has 0 spiro atoms. The highest BCUT2D eigenvalue weighted by Crippen LogP contribution is 2.41. The molecule has 1 N–H and O–H groups in total. The molecule has 0 aromatic carbocycles. The van der Waals surface area contributed by atoms with E-state index >= 15 is 0 Å². The Morgan fingerprint density at radius 1 is 1.00 bits per heavy atom. The molecule has 0 aliphatic heterocycles. The average molecular weight is 184 g/mol. The van der Waals surface area contributed by atoms with Gasteiger partial charge in [-0.3, -0.25) is 0 Å². The molecular weight excluding hydrogens is 160 g/mol. The third-order valence-electron chi connectivity index (χ3n) is 3.23. The van der Waals surface area contributed by atoms with Crippen molar-refractivity contribution in [3.05, 3.63) is 0 Å². The van der Waals surface area contributed by atoms with Crippen LogP contribution in [0.1, 0.15) is 58.3 Å². The summed E-state index contributed by atoms with van der Waals surface area (Å²) in [4.78, 5) is 0. The maximum absolute atomic E-state index is 8.85. The minimum Gasteiger partial charge on any atom is -0.396 e. The molecule has 0 heterocycles. The lowest BCUT2D eigenvalue weighted by molar-refractivity contribution is 0.267. The summed E-state index contributed by atoms with van der Waals surface area (Å²) in [7, 11) is 0. The second kappa shape index (κ2) is 6.42. The Morgan fingerprint density at radius 2 is 1.69 bits per heavy atom. The van der Waals surface area contributed by atoms with Gasteiger partial charge in [-0.05, 0) is 18.3 Å². The van der Waals surface area contributed by atoms with Gasteiger partial charge in [-0.25, -0.2) is 0 Å². The number of hydrogen-bond acceptors (Lipinski definition) is 1. The van der Waals surface area contributed by atoms with E-state index in [4.69, 9.17) is 5.11 Å². The van der Waals surface area contributed by atoms with Crippen LogP contribution in [-0.2, 0) is 0 Å². The molecular formula is C12H24O. The van der Waals surface area contributed by atoms with Crippen LogP contribution in [0.4, 0.5) is 0 Å². The molecule has 0 bridgehead atoms. The lowest BCUT2D eigenvalue weighted by atomic mass is 10.1. The van der Waals surface area contributed by atoms with Crippen LogP contribution in [0.15, 0.2) is 0 Å². The van der Waals surface area contributed by atoms with Crippen molar-refractivity contribution in [2.24, 2.45) is 11.8 Å².